The van der Waals surface area contributed by atoms with Crippen LogP contribution in [0.15, 0.2) is 140 Å². The summed E-state index contributed by atoms with van der Waals surface area (Å²) in [7, 11) is 0. The Morgan fingerprint density at radius 3 is 1.24 bits per heavy atom. The molecular formula is C42H25N3. The summed E-state index contributed by atoms with van der Waals surface area (Å²) < 4.78 is 2.46. The third-order valence-electron chi connectivity index (χ3n) is 10.0. The first-order valence-electron chi connectivity index (χ1n) is 15.5. The molecule has 208 valence electrons. The summed E-state index contributed by atoms with van der Waals surface area (Å²) >= 11 is 0. The molecule has 45 heavy (non-hydrogen) atoms. The maximum absolute atomic E-state index is 3.82. The van der Waals surface area contributed by atoms with Crippen molar-refractivity contribution in [3.05, 3.63) is 140 Å². The van der Waals surface area contributed by atoms with Crippen LogP contribution in [-0.4, -0.2) is 14.5 Å². The smallest absolute Gasteiger partial charge is 0.0567 e. The molecule has 3 aromatic heterocycles. The third-order valence-corrected chi connectivity index (χ3v) is 10.0. The van der Waals surface area contributed by atoms with E-state index in [-0.39, 0.29) is 0 Å². The van der Waals surface area contributed by atoms with Gasteiger partial charge in [0.25, 0.3) is 0 Å². The van der Waals surface area contributed by atoms with Crippen molar-refractivity contribution in [2.24, 2.45) is 0 Å². The minimum atomic E-state index is 1.16. The molecule has 0 radical (unpaired) electrons. The molecule has 0 saturated carbocycles. The molecule has 0 fully saturated rings. The number of para-hydroxylation sites is 2. The van der Waals surface area contributed by atoms with Crippen LogP contribution < -0.4 is 0 Å². The molecule has 3 nitrogen and oxygen atoms in total. The average Bonchev–Trinajstić information content (AvgIpc) is 3.77. The van der Waals surface area contributed by atoms with E-state index < -0.39 is 0 Å². The van der Waals surface area contributed by atoms with E-state index in [4.69, 9.17) is 0 Å². The maximum Gasteiger partial charge on any atom is 0.0567 e. The summed E-state index contributed by atoms with van der Waals surface area (Å²) in [5.74, 6) is 0. The quantitative estimate of drug-likeness (QED) is 0.184. The third kappa shape index (κ3) is 2.95. The highest BCUT2D eigenvalue weighted by atomic mass is 15.0. The van der Waals surface area contributed by atoms with E-state index in [2.05, 4.69) is 154 Å². The Balaban J connectivity index is 1.34. The van der Waals surface area contributed by atoms with Gasteiger partial charge in [0.15, 0.2) is 0 Å². The number of hydrogen-bond acceptors (Lipinski definition) is 0. The van der Waals surface area contributed by atoms with Crippen molar-refractivity contribution in [2.45, 2.75) is 0 Å². The lowest BCUT2D eigenvalue weighted by atomic mass is 9.94. The van der Waals surface area contributed by atoms with E-state index in [0.29, 0.717) is 0 Å². The number of rotatable bonds is 1. The van der Waals surface area contributed by atoms with Crippen LogP contribution in [0.4, 0.5) is 0 Å². The van der Waals surface area contributed by atoms with Crippen molar-refractivity contribution < 1.29 is 0 Å². The molecule has 3 heterocycles. The molecular weight excluding hydrogens is 546 g/mol. The van der Waals surface area contributed by atoms with Gasteiger partial charge in [0.05, 0.1) is 22.1 Å². The molecule has 0 aliphatic rings. The van der Waals surface area contributed by atoms with E-state index in [1.165, 1.54) is 86.7 Å². The predicted octanol–water partition coefficient (Wildman–Crippen LogP) is 11.5. The van der Waals surface area contributed by atoms with Gasteiger partial charge < -0.3 is 14.5 Å². The van der Waals surface area contributed by atoms with E-state index in [9.17, 15) is 0 Å². The number of aromatic nitrogens is 3. The summed E-state index contributed by atoms with van der Waals surface area (Å²) in [6, 6.07) is 51.1. The number of fused-ring (bicyclic) bond motifs is 17. The molecule has 11 rings (SSSR count). The van der Waals surface area contributed by atoms with E-state index in [1.54, 1.807) is 0 Å². The average molecular weight is 572 g/mol. The van der Waals surface area contributed by atoms with Crippen LogP contribution in [0.1, 0.15) is 0 Å². The fourth-order valence-electron chi connectivity index (χ4n) is 8.14. The molecule has 0 spiro atoms. The van der Waals surface area contributed by atoms with Gasteiger partial charge in [0, 0.05) is 49.0 Å². The molecule has 0 atom stereocenters. The van der Waals surface area contributed by atoms with Gasteiger partial charge >= 0.3 is 0 Å². The van der Waals surface area contributed by atoms with Crippen molar-refractivity contribution >= 4 is 97.7 Å². The van der Waals surface area contributed by atoms with Crippen LogP contribution in [0.3, 0.4) is 0 Å². The van der Waals surface area contributed by atoms with Gasteiger partial charge in [-0.15, -0.1) is 0 Å². The first kappa shape index (κ1) is 23.4. The van der Waals surface area contributed by atoms with Crippen molar-refractivity contribution in [1.82, 2.24) is 14.5 Å². The van der Waals surface area contributed by atoms with Gasteiger partial charge in [-0.3, -0.25) is 0 Å². The van der Waals surface area contributed by atoms with Crippen LogP contribution >= 0.6 is 0 Å². The lowest BCUT2D eigenvalue weighted by molar-refractivity contribution is 1.19. The Bertz CT molecular complexity index is 2880. The lowest BCUT2D eigenvalue weighted by Gasteiger charge is -2.13. The van der Waals surface area contributed by atoms with Crippen LogP contribution in [-0.2, 0) is 0 Å². The molecule has 0 saturated heterocycles. The Morgan fingerprint density at radius 2 is 0.733 bits per heavy atom. The van der Waals surface area contributed by atoms with Crippen molar-refractivity contribution in [3.63, 3.8) is 0 Å². The second-order valence-corrected chi connectivity index (χ2v) is 12.3. The lowest BCUT2D eigenvalue weighted by Crippen LogP contribution is -1.94. The van der Waals surface area contributed by atoms with Crippen molar-refractivity contribution in [3.8, 4) is 5.69 Å². The number of benzene rings is 8. The van der Waals surface area contributed by atoms with Gasteiger partial charge in [0.1, 0.15) is 0 Å². The minimum absolute atomic E-state index is 1.16. The first-order chi connectivity index (χ1) is 22.3. The van der Waals surface area contributed by atoms with Crippen LogP contribution in [0.25, 0.3) is 103 Å². The molecule has 0 unspecified atom stereocenters. The summed E-state index contributed by atoms with van der Waals surface area (Å²) in [5.41, 5.74) is 8.23. The number of hydrogen-bond donors (Lipinski definition) is 2. The number of nitrogens with zero attached hydrogens (tertiary/aromatic N) is 1. The fraction of sp³-hybridized carbons (Fsp3) is 0. The van der Waals surface area contributed by atoms with E-state index in [1.807, 2.05) is 0 Å². The number of nitrogens with one attached hydrogen (secondary N) is 2. The molecule has 11 aromatic rings. The van der Waals surface area contributed by atoms with Crippen molar-refractivity contribution in [2.75, 3.05) is 0 Å². The highest BCUT2D eigenvalue weighted by Gasteiger charge is 2.21. The largest absolute Gasteiger partial charge is 0.354 e. The Labute approximate surface area is 256 Å². The van der Waals surface area contributed by atoms with Gasteiger partial charge in [-0.25, -0.2) is 0 Å². The zero-order valence-electron chi connectivity index (χ0n) is 24.2. The fourth-order valence-corrected chi connectivity index (χ4v) is 8.14. The Hall–Kier alpha value is -6.06. The molecule has 0 bridgehead atoms. The van der Waals surface area contributed by atoms with Crippen LogP contribution in [0, 0.1) is 0 Å². The van der Waals surface area contributed by atoms with Crippen LogP contribution in [0.2, 0.25) is 0 Å². The molecule has 0 aliphatic carbocycles. The van der Waals surface area contributed by atoms with E-state index in [0.717, 1.165) is 16.7 Å². The van der Waals surface area contributed by atoms with Gasteiger partial charge in [0.2, 0.25) is 0 Å². The highest BCUT2D eigenvalue weighted by molar-refractivity contribution is 6.32. The summed E-state index contributed by atoms with van der Waals surface area (Å²) in [4.78, 5) is 7.65. The number of H-pyrrole nitrogens is 2. The zero-order valence-corrected chi connectivity index (χ0v) is 24.2. The molecule has 2 N–H and O–H groups in total. The van der Waals surface area contributed by atoms with Crippen molar-refractivity contribution in [1.29, 1.82) is 0 Å². The molecule has 0 aliphatic heterocycles. The van der Waals surface area contributed by atoms with E-state index >= 15 is 0 Å². The Morgan fingerprint density at radius 1 is 0.333 bits per heavy atom. The SMILES string of the molecule is c1ccc2c(c1)[nH]c1c2ccc2c1c1c3[nH]c4ccccc4c3ccc1n2-c1ccc2c3ccccc3c3ccccc3c2c1. The van der Waals surface area contributed by atoms with Crippen LogP contribution in [0.5, 0.6) is 0 Å². The maximum atomic E-state index is 3.82. The summed E-state index contributed by atoms with van der Waals surface area (Å²) in [5, 5.41) is 15.2. The van der Waals surface area contributed by atoms with Gasteiger partial charge in [-0.05, 0) is 68.7 Å². The first-order valence-corrected chi connectivity index (χ1v) is 15.5. The second kappa shape index (κ2) is 8.31. The normalized spacial score (nSPS) is 12.4. The summed E-state index contributed by atoms with van der Waals surface area (Å²) in [6.07, 6.45) is 0. The summed E-state index contributed by atoms with van der Waals surface area (Å²) in [6.45, 7) is 0. The molecule has 3 heteroatoms. The zero-order chi connectivity index (χ0) is 29.2. The Kier molecular flexibility index (Phi) is 4.32. The standard InChI is InChI=1S/C42H25N3/c1-2-11-27-25(9-1)26-10-3-4-12-28(26)34-23-24(17-18-29(27)34)45-37-21-19-32-30-13-5-7-15-35(30)43-41(32)39(37)40-38(45)22-20-33-31-14-6-8-16-36(31)44-42(33)40/h1-23,43-44H. The highest BCUT2D eigenvalue weighted by Crippen LogP contribution is 2.44. The topological polar surface area (TPSA) is 36.5 Å². The molecule has 8 aromatic carbocycles. The molecule has 0 amide bonds. The number of aromatic amines is 2. The second-order valence-electron chi connectivity index (χ2n) is 12.3. The van der Waals surface area contributed by atoms with Gasteiger partial charge in [-0.1, -0.05) is 103 Å². The predicted molar refractivity (Wildman–Crippen MR) is 192 cm³/mol. The van der Waals surface area contributed by atoms with Gasteiger partial charge in [-0.2, -0.15) is 0 Å². The minimum Gasteiger partial charge on any atom is -0.354 e. The monoisotopic (exact) mass is 571 g/mol.